The molecule has 14 heavy (non-hydrogen) atoms. The molecule has 2 N–H and O–H groups in total. The Morgan fingerprint density at radius 3 is 2.86 bits per heavy atom. The number of benzene rings is 1. The van der Waals surface area contributed by atoms with Crippen LogP contribution in [0.25, 0.3) is 0 Å². The zero-order valence-corrected chi connectivity index (χ0v) is 8.84. The van der Waals surface area contributed by atoms with Gasteiger partial charge in [-0.25, -0.2) is 8.42 Å². The van der Waals surface area contributed by atoms with Gasteiger partial charge < -0.3 is 5.73 Å². The fourth-order valence-corrected chi connectivity index (χ4v) is 4.03. The number of aryl methyl sites for hydroxylation is 1. The van der Waals surface area contributed by atoms with E-state index in [0.29, 0.717) is 11.4 Å². The van der Waals surface area contributed by atoms with Gasteiger partial charge in [0.15, 0.2) is 9.84 Å². The molecule has 2 rings (SSSR count). The Morgan fingerprint density at radius 1 is 1.50 bits per heavy atom. The van der Waals surface area contributed by atoms with Gasteiger partial charge in [0.2, 0.25) is 0 Å². The van der Waals surface area contributed by atoms with Crippen LogP contribution in [0.5, 0.6) is 0 Å². The molecule has 1 atom stereocenters. The minimum Gasteiger partial charge on any atom is -0.330 e. The molecule has 0 saturated carbocycles. The van der Waals surface area contributed by atoms with Gasteiger partial charge in [0.05, 0.1) is 10.6 Å². The van der Waals surface area contributed by atoms with Crippen molar-refractivity contribution in [2.24, 2.45) is 5.73 Å². The first kappa shape index (κ1) is 9.68. The Balaban J connectivity index is 2.71. The fourth-order valence-electron chi connectivity index (χ4n) is 2.07. The van der Waals surface area contributed by atoms with Gasteiger partial charge in [-0.1, -0.05) is 12.1 Å². The molecule has 76 valence electrons. The van der Waals surface area contributed by atoms with E-state index in [0.717, 1.165) is 11.1 Å². The van der Waals surface area contributed by atoms with E-state index in [4.69, 9.17) is 5.73 Å². The van der Waals surface area contributed by atoms with Crippen LogP contribution in [0, 0.1) is 6.92 Å². The lowest BCUT2D eigenvalue weighted by Crippen LogP contribution is -2.14. The van der Waals surface area contributed by atoms with Crippen LogP contribution in [-0.2, 0) is 9.84 Å². The van der Waals surface area contributed by atoms with E-state index in [1.807, 2.05) is 13.0 Å². The molecule has 0 aliphatic carbocycles. The predicted octanol–water partition coefficient (Wildman–Crippen LogP) is 0.825. The normalized spacial score (nSPS) is 23.4. The average Bonchev–Trinajstić information content (AvgIpc) is 2.40. The van der Waals surface area contributed by atoms with Crippen molar-refractivity contribution >= 4 is 9.84 Å². The number of hydrogen-bond acceptors (Lipinski definition) is 3. The van der Waals surface area contributed by atoms with Gasteiger partial charge in [-0.2, -0.15) is 0 Å². The summed E-state index contributed by atoms with van der Waals surface area (Å²) in [5, 5.41) is 0. The lowest BCUT2D eigenvalue weighted by Gasteiger charge is -2.08. The third-order valence-electron chi connectivity index (χ3n) is 2.73. The maximum atomic E-state index is 11.7. The molecule has 0 aromatic heterocycles. The Morgan fingerprint density at radius 2 is 2.21 bits per heavy atom. The lowest BCUT2D eigenvalue weighted by atomic mass is 9.97. The zero-order chi connectivity index (χ0) is 10.3. The Hall–Kier alpha value is -0.870. The van der Waals surface area contributed by atoms with Crippen molar-refractivity contribution in [3.63, 3.8) is 0 Å². The van der Waals surface area contributed by atoms with Crippen LogP contribution in [0.2, 0.25) is 0 Å². The molecule has 0 saturated heterocycles. The second-order valence-electron chi connectivity index (χ2n) is 3.70. The first-order valence-electron chi connectivity index (χ1n) is 4.58. The van der Waals surface area contributed by atoms with Crippen LogP contribution >= 0.6 is 0 Å². The van der Waals surface area contributed by atoms with Crippen molar-refractivity contribution in [2.75, 3.05) is 12.3 Å². The fraction of sp³-hybridized carbons (Fsp3) is 0.400. The lowest BCUT2D eigenvalue weighted by molar-refractivity contribution is 0.597. The number of hydrogen-bond donors (Lipinski definition) is 1. The summed E-state index contributed by atoms with van der Waals surface area (Å²) >= 11 is 0. The van der Waals surface area contributed by atoms with Crippen LogP contribution in [0.4, 0.5) is 0 Å². The molecule has 1 aromatic carbocycles. The van der Waals surface area contributed by atoms with E-state index in [1.54, 1.807) is 12.1 Å². The summed E-state index contributed by atoms with van der Waals surface area (Å²) < 4.78 is 23.4. The summed E-state index contributed by atoms with van der Waals surface area (Å²) in [4.78, 5) is 0.480. The van der Waals surface area contributed by atoms with Gasteiger partial charge in [-0.3, -0.25) is 0 Å². The monoisotopic (exact) mass is 211 g/mol. The highest BCUT2D eigenvalue weighted by molar-refractivity contribution is 7.91. The maximum Gasteiger partial charge on any atom is 0.179 e. The quantitative estimate of drug-likeness (QED) is 0.748. The SMILES string of the molecule is Cc1cccc2c1C(CN)CS2(=O)=O. The van der Waals surface area contributed by atoms with Gasteiger partial charge in [-0.15, -0.1) is 0 Å². The second-order valence-corrected chi connectivity index (χ2v) is 5.70. The molecule has 1 aliphatic rings. The topological polar surface area (TPSA) is 60.2 Å². The van der Waals surface area contributed by atoms with Gasteiger partial charge in [0, 0.05) is 12.5 Å². The molecule has 0 amide bonds. The summed E-state index contributed by atoms with van der Waals surface area (Å²) in [6.07, 6.45) is 0. The number of fused-ring (bicyclic) bond motifs is 1. The van der Waals surface area contributed by atoms with Crippen molar-refractivity contribution in [1.82, 2.24) is 0 Å². The molecule has 1 aliphatic heterocycles. The maximum absolute atomic E-state index is 11.7. The largest absolute Gasteiger partial charge is 0.330 e. The van der Waals surface area contributed by atoms with E-state index in [1.165, 1.54) is 0 Å². The highest BCUT2D eigenvalue weighted by atomic mass is 32.2. The first-order chi connectivity index (χ1) is 6.56. The summed E-state index contributed by atoms with van der Waals surface area (Å²) in [6.45, 7) is 2.33. The Kier molecular flexibility index (Phi) is 2.12. The summed E-state index contributed by atoms with van der Waals surface area (Å²) in [7, 11) is -3.07. The van der Waals surface area contributed by atoms with Gasteiger partial charge in [-0.05, 0) is 24.1 Å². The van der Waals surface area contributed by atoms with E-state index >= 15 is 0 Å². The smallest absolute Gasteiger partial charge is 0.179 e. The second kappa shape index (κ2) is 3.07. The van der Waals surface area contributed by atoms with Crippen molar-refractivity contribution < 1.29 is 8.42 Å². The Labute approximate surface area is 83.9 Å². The van der Waals surface area contributed by atoms with Gasteiger partial charge in [0.1, 0.15) is 0 Å². The molecule has 1 heterocycles. The molecule has 0 bridgehead atoms. The highest BCUT2D eigenvalue weighted by Gasteiger charge is 2.34. The van der Waals surface area contributed by atoms with E-state index in [9.17, 15) is 8.42 Å². The molecular formula is C10H13NO2S. The average molecular weight is 211 g/mol. The third kappa shape index (κ3) is 1.26. The third-order valence-corrected chi connectivity index (χ3v) is 4.60. The van der Waals surface area contributed by atoms with Crippen LogP contribution in [0.15, 0.2) is 23.1 Å². The molecule has 1 unspecified atom stereocenters. The van der Waals surface area contributed by atoms with E-state index in [-0.39, 0.29) is 11.7 Å². The van der Waals surface area contributed by atoms with Gasteiger partial charge in [0.25, 0.3) is 0 Å². The van der Waals surface area contributed by atoms with Crippen molar-refractivity contribution in [2.45, 2.75) is 17.7 Å². The summed E-state index contributed by atoms with van der Waals surface area (Å²) in [5.41, 5.74) is 7.53. The molecule has 0 radical (unpaired) electrons. The van der Waals surface area contributed by atoms with E-state index in [2.05, 4.69) is 0 Å². The minimum absolute atomic E-state index is 0.0174. The highest BCUT2D eigenvalue weighted by Crippen LogP contribution is 2.36. The summed E-state index contributed by atoms with van der Waals surface area (Å²) in [5.74, 6) is 0.153. The molecule has 0 fully saturated rings. The molecule has 4 heteroatoms. The number of sulfone groups is 1. The summed E-state index contributed by atoms with van der Waals surface area (Å²) in [6, 6.07) is 5.39. The van der Waals surface area contributed by atoms with Crippen LogP contribution in [0.3, 0.4) is 0 Å². The zero-order valence-electron chi connectivity index (χ0n) is 8.03. The van der Waals surface area contributed by atoms with Gasteiger partial charge >= 0.3 is 0 Å². The number of rotatable bonds is 1. The minimum atomic E-state index is -3.07. The van der Waals surface area contributed by atoms with Crippen LogP contribution in [0.1, 0.15) is 17.0 Å². The van der Waals surface area contributed by atoms with E-state index < -0.39 is 9.84 Å². The molecule has 3 nitrogen and oxygen atoms in total. The van der Waals surface area contributed by atoms with Crippen molar-refractivity contribution in [1.29, 1.82) is 0 Å². The van der Waals surface area contributed by atoms with Crippen LogP contribution in [-0.4, -0.2) is 20.7 Å². The first-order valence-corrected chi connectivity index (χ1v) is 6.24. The predicted molar refractivity (Wildman–Crippen MR) is 55.0 cm³/mol. The molecular weight excluding hydrogens is 198 g/mol. The molecule has 1 aromatic rings. The standard InChI is InChI=1S/C10H13NO2S/c1-7-3-2-4-9-10(7)8(5-11)6-14(9,12)13/h2-4,8H,5-6,11H2,1H3. The molecule has 0 spiro atoms. The Bertz CT molecular complexity index is 465. The van der Waals surface area contributed by atoms with Crippen molar-refractivity contribution in [3.05, 3.63) is 29.3 Å². The number of nitrogens with two attached hydrogens (primary N) is 1. The van der Waals surface area contributed by atoms with Crippen molar-refractivity contribution in [3.8, 4) is 0 Å². The van der Waals surface area contributed by atoms with Crippen LogP contribution < -0.4 is 5.73 Å².